The minimum atomic E-state index is -0.277. The lowest BCUT2D eigenvalue weighted by molar-refractivity contribution is 0.0925. The molecular formula is C21H23N3O3S. The zero-order valence-electron chi connectivity index (χ0n) is 16.4. The maximum atomic E-state index is 12.6. The van der Waals surface area contributed by atoms with Crippen molar-refractivity contribution in [3.8, 4) is 0 Å². The number of nitrogens with one attached hydrogen (secondary N) is 1. The van der Waals surface area contributed by atoms with Crippen LogP contribution in [0, 0.1) is 20.8 Å². The molecule has 2 heterocycles. The highest BCUT2D eigenvalue weighted by Crippen LogP contribution is 2.15. The summed E-state index contributed by atoms with van der Waals surface area (Å²) in [5, 5.41) is 2.71. The number of aromatic nitrogens is 1. The minimum Gasteiger partial charge on any atom is -0.454 e. The molecule has 2 aromatic heterocycles. The van der Waals surface area contributed by atoms with Gasteiger partial charge >= 0.3 is 0 Å². The van der Waals surface area contributed by atoms with Crippen LogP contribution in [0.1, 0.15) is 49.7 Å². The van der Waals surface area contributed by atoms with Crippen molar-refractivity contribution >= 4 is 23.2 Å². The number of rotatable bonds is 5. The predicted octanol–water partition coefficient (Wildman–Crippen LogP) is 3.61. The fourth-order valence-corrected chi connectivity index (χ4v) is 3.76. The SMILES string of the molecule is CCNC(=O)c1ccc(Cn2c(C)c(C)sc2=NC(=O)c2cccc(C)c2)o1. The fraction of sp³-hybridized carbons (Fsp3) is 0.286. The van der Waals surface area contributed by atoms with E-state index in [0.717, 1.165) is 16.1 Å². The van der Waals surface area contributed by atoms with E-state index in [4.69, 9.17) is 4.42 Å². The average Bonchev–Trinajstić information content (AvgIpc) is 3.23. The Morgan fingerprint density at radius 1 is 1.18 bits per heavy atom. The molecule has 0 fully saturated rings. The number of thiazole rings is 1. The molecule has 3 rings (SSSR count). The zero-order chi connectivity index (χ0) is 20.3. The molecule has 0 aliphatic carbocycles. The molecule has 0 bridgehead atoms. The van der Waals surface area contributed by atoms with Gasteiger partial charge in [-0.1, -0.05) is 17.7 Å². The summed E-state index contributed by atoms with van der Waals surface area (Å²) < 4.78 is 7.61. The van der Waals surface area contributed by atoms with Gasteiger partial charge in [0.25, 0.3) is 11.8 Å². The van der Waals surface area contributed by atoms with Crippen molar-refractivity contribution in [2.45, 2.75) is 34.2 Å². The molecule has 0 aliphatic heterocycles. The fourth-order valence-electron chi connectivity index (χ4n) is 2.79. The van der Waals surface area contributed by atoms with E-state index in [-0.39, 0.29) is 17.6 Å². The van der Waals surface area contributed by atoms with Crippen LogP contribution in [0.5, 0.6) is 0 Å². The van der Waals surface area contributed by atoms with Crippen LogP contribution in [0.3, 0.4) is 0 Å². The smallest absolute Gasteiger partial charge is 0.286 e. The van der Waals surface area contributed by atoms with E-state index < -0.39 is 0 Å². The molecule has 7 heteroatoms. The van der Waals surface area contributed by atoms with Gasteiger partial charge in [0.05, 0.1) is 6.54 Å². The van der Waals surface area contributed by atoms with Gasteiger partial charge in [-0.25, -0.2) is 0 Å². The Labute approximate surface area is 167 Å². The number of carbonyl (C=O) groups is 2. The van der Waals surface area contributed by atoms with E-state index in [1.165, 1.54) is 11.3 Å². The lowest BCUT2D eigenvalue weighted by Crippen LogP contribution is -2.22. The number of amides is 2. The monoisotopic (exact) mass is 397 g/mol. The average molecular weight is 398 g/mol. The highest BCUT2D eigenvalue weighted by molar-refractivity contribution is 7.09. The van der Waals surface area contributed by atoms with Crippen LogP contribution in [0.15, 0.2) is 45.8 Å². The third-order valence-electron chi connectivity index (χ3n) is 4.39. The van der Waals surface area contributed by atoms with Crippen LogP contribution in [0.25, 0.3) is 0 Å². The summed E-state index contributed by atoms with van der Waals surface area (Å²) in [5.74, 6) is 0.389. The van der Waals surface area contributed by atoms with Crippen molar-refractivity contribution in [1.29, 1.82) is 0 Å². The molecule has 0 aliphatic rings. The second-order valence-electron chi connectivity index (χ2n) is 6.52. The Morgan fingerprint density at radius 3 is 2.68 bits per heavy atom. The van der Waals surface area contributed by atoms with Gasteiger partial charge < -0.3 is 14.3 Å². The summed E-state index contributed by atoms with van der Waals surface area (Å²) in [4.78, 5) is 30.5. The van der Waals surface area contributed by atoms with E-state index in [1.807, 2.05) is 50.5 Å². The van der Waals surface area contributed by atoms with Gasteiger partial charge in [0.15, 0.2) is 10.6 Å². The first kappa shape index (κ1) is 19.8. The summed E-state index contributed by atoms with van der Waals surface area (Å²) in [6.07, 6.45) is 0. The number of hydrogen-bond acceptors (Lipinski definition) is 4. The van der Waals surface area contributed by atoms with Gasteiger partial charge in [-0.05, 0) is 52.0 Å². The molecular weight excluding hydrogens is 374 g/mol. The lowest BCUT2D eigenvalue weighted by atomic mass is 10.1. The van der Waals surface area contributed by atoms with Crippen molar-refractivity contribution in [3.63, 3.8) is 0 Å². The molecule has 0 saturated heterocycles. The van der Waals surface area contributed by atoms with Gasteiger partial charge in [0.2, 0.25) is 0 Å². The molecule has 0 unspecified atom stereocenters. The molecule has 6 nitrogen and oxygen atoms in total. The normalized spacial score (nSPS) is 11.6. The summed E-state index contributed by atoms with van der Waals surface area (Å²) in [5.41, 5.74) is 2.59. The number of nitrogens with zero attached hydrogens (tertiary/aromatic N) is 2. The summed E-state index contributed by atoms with van der Waals surface area (Å²) in [6.45, 7) is 8.71. The largest absolute Gasteiger partial charge is 0.454 e. The molecule has 1 aromatic carbocycles. The van der Waals surface area contributed by atoms with E-state index in [0.29, 0.717) is 29.2 Å². The van der Waals surface area contributed by atoms with Crippen LogP contribution in [-0.2, 0) is 6.54 Å². The van der Waals surface area contributed by atoms with Crippen molar-refractivity contribution < 1.29 is 14.0 Å². The van der Waals surface area contributed by atoms with Gasteiger partial charge in [-0.3, -0.25) is 9.59 Å². The van der Waals surface area contributed by atoms with Crippen molar-refractivity contribution in [1.82, 2.24) is 9.88 Å². The Balaban J connectivity index is 1.93. The molecule has 1 N–H and O–H groups in total. The Bertz CT molecular complexity index is 1090. The van der Waals surface area contributed by atoms with E-state index in [9.17, 15) is 9.59 Å². The molecule has 0 radical (unpaired) electrons. The molecule has 0 spiro atoms. The quantitative estimate of drug-likeness (QED) is 0.715. The first-order valence-corrected chi connectivity index (χ1v) is 9.90. The predicted molar refractivity (Wildman–Crippen MR) is 109 cm³/mol. The molecule has 28 heavy (non-hydrogen) atoms. The van der Waals surface area contributed by atoms with Crippen LogP contribution in [0.2, 0.25) is 0 Å². The van der Waals surface area contributed by atoms with Crippen molar-refractivity contribution in [3.05, 3.63) is 74.4 Å². The number of carbonyl (C=O) groups excluding carboxylic acids is 2. The molecule has 3 aromatic rings. The van der Waals surface area contributed by atoms with Crippen LogP contribution in [0.4, 0.5) is 0 Å². The second kappa shape index (κ2) is 8.39. The van der Waals surface area contributed by atoms with Gasteiger partial charge in [0, 0.05) is 22.7 Å². The zero-order valence-corrected chi connectivity index (χ0v) is 17.2. The minimum absolute atomic E-state index is 0.239. The molecule has 0 atom stereocenters. The van der Waals surface area contributed by atoms with E-state index in [1.54, 1.807) is 18.2 Å². The molecule has 2 amide bonds. The number of hydrogen-bond donors (Lipinski definition) is 1. The maximum absolute atomic E-state index is 12.6. The summed E-state index contributed by atoms with van der Waals surface area (Å²) >= 11 is 1.46. The summed E-state index contributed by atoms with van der Waals surface area (Å²) in [6, 6.07) is 10.8. The third-order valence-corrected chi connectivity index (χ3v) is 5.48. The first-order chi connectivity index (χ1) is 13.4. The van der Waals surface area contributed by atoms with Gasteiger partial charge in [-0.15, -0.1) is 11.3 Å². The highest BCUT2D eigenvalue weighted by atomic mass is 32.1. The van der Waals surface area contributed by atoms with Crippen molar-refractivity contribution in [2.75, 3.05) is 6.54 Å². The van der Waals surface area contributed by atoms with Crippen LogP contribution in [-0.4, -0.2) is 22.9 Å². The third kappa shape index (κ3) is 4.31. The topological polar surface area (TPSA) is 76.6 Å². The maximum Gasteiger partial charge on any atom is 0.286 e. The van der Waals surface area contributed by atoms with Crippen LogP contribution >= 0.6 is 11.3 Å². The number of furan rings is 1. The van der Waals surface area contributed by atoms with Crippen LogP contribution < -0.4 is 10.1 Å². The van der Waals surface area contributed by atoms with Crippen molar-refractivity contribution in [2.24, 2.45) is 4.99 Å². The Morgan fingerprint density at radius 2 is 1.96 bits per heavy atom. The molecule has 146 valence electrons. The summed E-state index contributed by atoms with van der Waals surface area (Å²) in [7, 11) is 0. The van der Waals surface area contributed by atoms with Gasteiger partial charge in [0.1, 0.15) is 5.76 Å². The second-order valence-corrected chi connectivity index (χ2v) is 7.71. The van der Waals surface area contributed by atoms with E-state index >= 15 is 0 Å². The van der Waals surface area contributed by atoms with E-state index in [2.05, 4.69) is 10.3 Å². The first-order valence-electron chi connectivity index (χ1n) is 9.08. The lowest BCUT2D eigenvalue weighted by Gasteiger charge is -2.04. The number of benzene rings is 1. The van der Waals surface area contributed by atoms with Gasteiger partial charge in [-0.2, -0.15) is 4.99 Å². The number of aryl methyl sites for hydroxylation is 2. The Hall–Kier alpha value is -2.93. The standard InChI is InChI=1S/C21H23N3O3S/c1-5-22-20(26)18-10-9-17(27-18)12-24-14(3)15(4)28-21(24)23-19(25)16-8-6-7-13(2)11-16/h6-11H,5,12H2,1-4H3,(H,22,26). The molecule has 0 saturated carbocycles. The highest BCUT2D eigenvalue weighted by Gasteiger charge is 2.14. The Kier molecular flexibility index (Phi) is 5.94.